The van der Waals surface area contributed by atoms with Crippen LogP contribution >= 0.6 is 0 Å². The molecule has 136 valence electrons. The molecule has 0 saturated heterocycles. The van der Waals surface area contributed by atoms with Crippen molar-refractivity contribution in [3.63, 3.8) is 0 Å². The van der Waals surface area contributed by atoms with E-state index in [2.05, 4.69) is 5.32 Å². The molecule has 8 heteroatoms. The number of rotatable bonds is 6. The second-order valence-electron chi connectivity index (χ2n) is 5.69. The van der Waals surface area contributed by atoms with Gasteiger partial charge in [0.1, 0.15) is 11.5 Å². The molecule has 7 nitrogen and oxygen atoms in total. The Balaban J connectivity index is 1.97. The van der Waals surface area contributed by atoms with Crippen molar-refractivity contribution in [1.82, 2.24) is 0 Å². The number of amides is 1. The van der Waals surface area contributed by atoms with Crippen molar-refractivity contribution in [3.05, 3.63) is 69.0 Å². The Morgan fingerprint density at radius 3 is 2.50 bits per heavy atom. The number of anilines is 1. The fourth-order valence-corrected chi connectivity index (χ4v) is 2.23. The molecule has 0 aliphatic heterocycles. The second-order valence-corrected chi connectivity index (χ2v) is 5.69. The van der Waals surface area contributed by atoms with Crippen molar-refractivity contribution in [2.75, 3.05) is 11.9 Å². The van der Waals surface area contributed by atoms with Crippen LogP contribution in [0.15, 0.2) is 36.4 Å². The number of carbonyl (C=O) groups is 2. The van der Waals surface area contributed by atoms with Crippen molar-refractivity contribution in [1.29, 1.82) is 0 Å². The minimum Gasteiger partial charge on any atom is -0.455 e. The van der Waals surface area contributed by atoms with E-state index < -0.39 is 29.2 Å². The number of nitro benzene ring substituents is 1. The SMILES string of the molecule is Cc1cc(NC(=O)COC(=O)Cc2ccccc2F)c([N+](=O)[O-])cc1C. The van der Waals surface area contributed by atoms with Gasteiger partial charge in [-0.25, -0.2) is 4.39 Å². The number of nitro groups is 1. The molecule has 0 bridgehead atoms. The van der Waals surface area contributed by atoms with Crippen LogP contribution in [0.2, 0.25) is 0 Å². The molecule has 0 radical (unpaired) electrons. The summed E-state index contributed by atoms with van der Waals surface area (Å²) in [4.78, 5) is 34.1. The highest BCUT2D eigenvalue weighted by Crippen LogP contribution is 2.27. The molecule has 2 aromatic carbocycles. The van der Waals surface area contributed by atoms with Gasteiger partial charge in [0.2, 0.25) is 0 Å². The van der Waals surface area contributed by atoms with Gasteiger partial charge in [-0.1, -0.05) is 18.2 Å². The number of halogens is 1. The molecule has 2 rings (SSSR count). The molecular weight excluding hydrogens is 343 g/mol. The largest absolute Gasteiger partial charge is 0.455 e. The van der Waals surface area contributed by atoms with Gasteiger partial charge in [-0.3, -0.25) is 19.7 Å². The number of nitrogens with zero attached hydrogens (tertiary/aromatic N) is 1. The van der Waals surface area contributed by atoms with Gasteiger partial charge in [0, 0.05) is 6.07 Å². The number of benzene rings is 2. The van der Waals surface area contributed by atoms with Gasteiger partial charge in [-0.2, -0.15) is 0 Å². The zero-order valence-corrected chi connectivity index (χ0v) is 14.2. The van der Waals surface area contributed by atoms with Crippen LogP contribution in [0.3, 0.4) is 0 Å². The first-order valence-electron chi connectivity index (χ1n) is 7.72. The van der Waals surface area contributed by atoms with E-state index in [0.29, 0.717) is 5.56 Å². The summed E-state index contributed by atoms with van der Waals surface area (Å²) in [6.07, 6.45) is -0.316. The van der Waals surface area contributed by atoms with Crippen LogP contribution in [0.1, 0.15) is 16.7 Å². The maximum Gasteiger partial charge on any atom is 0.310 e. The topological polar surface area (TPSA) is 98.5 Å². The molecule has 0 unspecified atom stereocenters. The van der Waals surface area contributed by atoms with Gasteiger partial charge >= 0.3 is 5.97 Å². The zero-order chi connectivity index (χ0) is 19.3. The highest BCUT2D eigenvalue weighted by atomic mass is 19.1. The average Bonchev–Trinajstić information content (AvgIpc) is 2.58. The lowest BCUT2D eigenvalue weighted by atomic mass is 10.1. The van der Waals surface area contributed by atoms with Crippen molar-refractivity contribution < 1.29 is 23.6 Å². The summed E-state index contributed by atoms with van der Waals surface area (Å²) in [5, 5.41) is 13.5. The van der Waals surface area contributed by atoms with Gasteiger partial charge in [0.05, 0.1) is 11.3 Å². The summed E-state index contributed by atoms with van der Waals surface area (Å²) in [6.45, 7) is 2.85. The summed E-state index contributed by atoms with van der Waals surface area (Å²) >= 11 is 0. The summed E-state index contributed by atoms with van der Waals surface area (Å²) in [5.74, 6) is -2.04. The number of hydrogen-bond acceptors (Lipinski definition) is 5. The first-order chi connectivity index (χ1) is 12.3. The predicted molar refractivity (Wildman–Crippen MR) is 92.3 cm³/mol. The zero-order valence-electron chi connectivity index (χ0n) is 14.2. The average molecular weight is 360 g/mol. The van der Waals surface area contributed by atoms with Crippen molar-refractivity contribution in [3.8, 4) is 0 Å². The molecular formula is C18H17FN2O5. The molecule has 0 aliphatic rings. The van der Waals surface area contributed by atoms with Gasteiger partial charge in [-0.15, -0.1) is 0 Å². The van der Waals surface area contributed by atoms with Crippen molar-refractivity contribution in [2.45, 2.75) is 20.3 Å². The quantitative estimate of drug-likeness (QED) is 0.485. The molecule has 1 N–H and O–H groups in total. The van der Waals surface area contributed by atoms with Crippen LogP contribution in [-0.4, -0.2) is 23.4 Å². The van der Waals surface area contributed by atoms with E-state index in [-0.39, 0.29) is 23.4 Å². The molecule has 0 aliphatic carbocycles. The van der Waals surface area contributed by atoms with E-state index in [4.69, 9.17) is 4.74 Å². The van der Waals surface area contributed by atoms with Gasteiger partial charge < -0.3 is 10.1 Å². The predicted octanol–water partition coefficient (Wildman–Crippen LogP) is 3.08. The Morgan fingerprint density at radius 2 is 1.85 bits per heavy atom. The van der Waals surface area contributed by atoms with Crippen molar-refractivity contribution >= 4 is 23.3 Å². The standard InChI is InChI=1S/C18H17FN2O5/c1-11-7-15(16(21(24)25)8-12(11)2)20-17(22)10-26-18(23)9-13-5-3-4-6-14(13)19/h3-8H,9-10H2,1-2H3,(H,20,22). The fraction of sp³-hybridized carbons (Fsp3) is 0.222. The smallest absolute Gasteiger partial charge is 0.310 e. The summed E-state index contributed by atoms with van der Waals surface area (Å²) in [7, 11) is 0. The lowest BCUT2D eigenvalue weighted by molar-refractivity contribution is -0.384. The Kier molecular flexibility index (Phi) is 6.00. The van der Waals surface area contributed by atoms with Gasteiger partial charge in [0.25, 0.3) is 11.6 Å². The maximum absolute atomic E-state index is 13.5. The van der Waals surface area contributed by atoms with Crippen molar-refractivity contribution in [2.24, 2.45) is 0 Å². The van der Waals surface area contributed by atoms with Crippen LogP contribution in [0, 0.1) is 29.8 Å². The monoisotopic (exact) mass is 360 g/mol. The molecule has 0 saturated carbocycles. The van der Waals surface area contributed by atoms with E-state index >= 15 is 0 Å². The van der Waals surface area contributed by atoms with Crippen LogP contribution in [0.5, 0.6) is 0 Å². The van der Waals surface area contributed by atoms with E-state index in [9.17, 15) is 24.1 Å². The number of aryl methyl sites for hydroxylation is 2. The van der Waals surface area contributed by atoms with Gasteiger partial charge in [0.15, 0.2) is 6.61 Å². The molecule has 0 fully saturated rings. The second kappa shape index (κ2) is 8.19. The third kappa shape index (κ3) is 4.85. The molecule has 0 atom stereocenters. The molecule has 0 spiro atoms. The normalized spacial score (nSPS) is 10.3. The number of ether oxygens (including phenoxy) is 1. The molecule has 0 aromatic heterocycles. The number of nitrogens with one attached hydrogen (secondary N) is 1. The Hall–Kier alpha value is -3.29. The van der Waals surface area contributed by atoms with Crippen LogP contribution < -0.4 is 5.32 Å². The Morgan fingerprint density at radius 1 is 1.19 bits per heavy atom. The lowest BCUT2D eigenvalue weighted by Gasteiger charge is -2.09. The van der Waals surface area contributed by atoms with E-state index in [1.54, 1.807) is 19.9 Å². The minimum absolute atomic E-state index is 0.0215. The summed E-state index contributed by atoms with van der Waals surface area (Å²) in [6, 6.07) is 8.57. The third-order valence-electron chi connectivity index (χ3n) is 3.74. The van der Waals surface area contributed by atoms with E-state index in [1.165, 1.54) is 30.3 Å². The fourth-order valence-electron chi connectivity index (χ4n) is 2.23. The number of esters is 1. The summed E-state index contributed by atoms with van der Waals surface area (Å²) < 4.78 is 18.3. The highest BCUT2D eigenvalue weighted by molar-refractivity contribution is 5.95. The molecule has 26 heavy (non-hydrogen) atoms. The number of carbonyl (C=O) groups excluding carboxylic acids is 2. The highest BCUT2D eigenvalue weighted by Gasteiger charge is 2.18. The van der Waals surface area contributed by atoms with E-state index in [1.807, 2.05) is 0 Å². The maximum atomic E-state index is 13.5. The molecule has 1 amide bonds. The Bertz CT molecular complexity index is 867. The molecule has 2 aromatic rings. The Labute approximate surface area is 148 Å². The minimum atomic E-state index is -0.778. The first kappa shape index (κ1) is 19.0. The summed E-state index contributed by atoms with van der Waals surface area (Å²) in [5.41, 5.74) is 1.41. The third-order valence-corrected chi connectivity index (χ3v) is 3.74. The van der Waals surface area contributed by atoms with Crippen LogP contribution in [0.25, 0.3) is 0 Å². The number of hydrogen-bond donors (Lipinski definition) is 1. The lowest BCUT2D eigenvalue weighted by Crippen LogP contribution is -2.22. The van der Waals surface area contributed by atoms with E-state index in [0.717, 1.165) is 5.56 Å². The van der Waals surface area contributed by atoms with Gasteiger partial charge in [-0.05, 0) is 42.7 Å². The van der Waals surface area contributed by atoms with Crippen LogP contribution in [0.4, 0.5) is 15.8 Å². The molecule has 0 heterocycles. The first-order valence-corrected chi connectivity index (χ1v) is 7.72. The van der Waals surface area contributed by atoms with Crippen LogP contribution in [-0.2, 0) is 20.7 Å².